The summed E-state index contributed by atoms with van der Waals surface area (Å²) in [5.74, 6) is 0.425. The van der Waals surface area contributed by atoms with Crippen LogP contribution in [-0.4, -0.2) is 13.0 Å². The molecular weight excluding hydrogens is 228 g/mol. The number of hydrogen-bond donors (Lipinski definition) is 2. The smallest absolute Gasteiger partial charge is 0.219 e. The highest BCUT2D eigenvalue weighted by Crippen LogP contribution is 2.24. The first-order chi connectivity index (χ1) is 8.60. The van der Waals surface area contributed by atoms with Gasteiger partial charge in [-0.3, -0.25) is 4.79 Å². The van der Waals surface area contributed by atoms with E-state index in [4.69, 9.17) is 16.2 Å². The second-order valence-electron chi connectivity index (χ2n) is 4.25. The number of methoxy groups -OCH3 is 1. The minimum absolute atomic E-state index is 0.154. The van der Waals surface area contributed by atoms with Crippen molar-refractivity contribution < 1.29 is 9.53 Å². The molecule has 18 heavy (non-hydrogen) atoms. The molecular formula is C14H16N2O2. The first-order valence-corrected chi connectivity index (χ1v) is 5.72. The van der Waals surface area contributed by atoms with Crippen LogP contribution in [0.5, 0.6) is 5.75 Å². The zero-order valence-corrected chi connectivity index (χ0v) is 10.2. The lowest BCUT2D eigenvalue weighted by molar-refractivity contribution is -0.118. The van der Waals surface area contributed by atoms with Gasteiger partial charge in [-0.15, -0.1) is 0 Å². The summed E-state index contributed by atoms with van der Waals surface area (Å²) in [6, 6.07) is 11.3. The van der Waals surface area contributed by atoms with E-state index in [1.54, 1.807) is 7.11 Å². The molecule has 0 heterocycles. The lowest BCUT2D eigenvalue weighted by atomic mass is 10.00. The molecule has 0 fully saturated rings. The van der Waals surface area contributed by atoms with Gasteiger partial charge in [-0.25, -0.2) is 0 Å². The number of carbonyl (C=O) groups is 1. The largest absolute Gasteiger partial charge is 0.497 e. The van der Waals surface area contributed by atoms with Crippen LogP contribution in [0.25, 0.3) is 10.8 Å². The summed E-state index contributed by atoms with van der Waals surface area (Å²) in [6.45, 7) is 0. The van der Waals surface area contributed by atoms with Crippen molar-refractivity contribution in [1.82, 2.24) is 0 Å². The summed E-state index contributed by atoms with van der Waals surface area (Å²) < 4.78 is 5.17. The number of amides is 1. The Morgan fingerprint density at radius 3 is 2.56 bits per heavy atom. The van der Waals surface area contributed by atoms with Gasteiger partial charge in [0.05, 0.1) is 7.11 Å². The van der Waals surface area contributed by atoms with Crippen molar-refractivity contribution in [3.05, 3.63) is 42.0 Å². The van der Waals surface area contributed by atoms with Gasteiger partial charge in [0.15, 0.2) is 0 Å². The molecule has 1 amide bonds. The summed E-state index contributed by atoms with van der Waals surface area (Å²) in [5, 5.41) is 2.14. The fraction of sp³-hybridized carbons (Fsp3) is 0.214. The van der Waals surface area contributed by atoms with Gasteiger partial charge in [0, 0.05) is 12.5 Å². The monoisotopic (exact) mass is 244 g/mol. The second kappa shape index (κ2) is 5.06. The van der Waals surface area contributed by atoms with Crippen molar-refractivity contribution in [3.8, 4) is 5.75 Å². The lowest BCUT2D eigenvalue weighted by Crippen LogP contribution is -2.20. The maximum absolute atomic E-state index is 10.9. The molecule has 0 saturated heterocycles. The molecule has 1 atom stereocenters. The van der Waals surface area contributed by atoms with E-state index in [1.165, 1.54) is 0 Å². The number of nitrogens with two attached hydrogens (primary N) is 2. The van der Waals surface area contributed by atoms with Gasteiger partial charge in [0.1, 0.15) is 5.75 Å². The normalized spacial score (nSPS) is 12.3. The van der Waals surface area contributed by atoms with Gasteiger partial charge in [-0.2, -0.15) is 0 Å². The molecule has 4 nitrogen and oxygen atoms in total. The van der Waals surface area contributed by atoms with Crippen LogP contribution < -0.4 is 16.2 Å². The summed E-state index contributed by atoms with van der Waals surface area (Å²) in [4.78, 5) is 10.9. The quantitative estimate of drug-likeness (QED) is 0.859. The number of ether oxygens (including phenoxy) is 1. The van der Waals surface area contributed by atoms with Gasteiger partial charge >= 0.3 is 0 Å². The van der Waals surface area contributed by atoms with Crippen molar-refractivity contribution >= 4 is 16.7 Å². The molecule has 0 bridgehead atoms. The van der Waals surface area contributed by atoms with Crippen molar-refractivity contribution in [2.75, 3.05) is 7.11 Å². The third-order valence-corrected chi connectivity index (χ3v) is 2.92. The van der Waals surface area contributed by atoms with E-state index in [0.717, 1.165) is 22.1 Å². The Morgan fingerprint density at radius 2 is 1.89 bits per heavy atom. The van der Waals surface area contributed by atoms with Gasteiger partial charge < -0.3 is 16.2 Å². The molecule has 0 aliphatic heterocycles. The topological polar surface area (TPSA) is 78.3 Å². The number of primary amides is 1. The Hall–Kier alpha value is -2.07. The van der Waals surface area contributed by atoms with E-state index >= 15 is 0 Å². The molecule has 0 spiro atoms. The van der Waals surface area contributed by atoms with Crippen molar-refractivity contribution in [2.24, 2.45) is 11.5 Å². The van der Waals surface area contributed by atoms with Crippen LogP contribution in [0.2, 0.25) is 0 Å². The molecule has 0 saturated carbocycles. The van der Waals surface area contributed by atoms with E-state index < -0.39 is 5.91 Å². The van der Waals surface area contributed by atoms with Crippen molar-refractivity contribution in [2.45, 2.75) is 12.5 Å². The molecule has 0 aliphatic carbocycles. The number of fused-ring (bicyclic) bond motifs is 1. The highest BCUT2D eigenvalue weighted by Gasteiger charge is 2.09. The molecule has 4 N–H and O–H groups in total. The molecule has 0 aromatic heterocycles. The summed E-state index contributed by atoms with van der Waals surface area (Å²) >= 11 is 0. The average Bonchev–Trinajstić information content (AvgIpc) is 2.36. The third-order valence-electron chi connectivity index (χ3n) is 2.92. The average molecular weight is 244 g/mol. The van der Waals surface area contributed by atoms with Crippen LogP contribution >= 0.6 is 0 Å². The molecule has 0 radical (unpaired) electrons. The number of rotatable bonds is 4. The Bertz CT molecular complexity index is 581. The fourth-order valence-electron chi connectivity index (χ4n) is 1.93. The van der Waals surface area contributed by atoms with Gasteiger partial charge in [0.2, 0.25) is 5.91 Å². The maximum atomic E-state index is 10.9. The minimum Gasteiger partial charge on any atom is -0.497 e. The van der Waals surface area contributed by atoms with Gasteiger partial charge in [-0.1, -0.05) is 18.2 Å². The molecule has 2 aromatic carbocycles. The number of hydrogen-bond acceptors (Lipinski definition) is 3. The van der Waals surface area contributed by atoms with Crippen molar-refractivity contribution in [1.29, 1.82) is 0 Å². The second-order valence-corrected chi connectivity index (χ2v) is 4.25. The van der Waals surface area contributed by atoms with E-state index in [-0.39, 0.29) is 12.5 Å². The maximum Gasteiger partial charge on any atom is 0.219 e. The Morgan fingerprint density at radius 1 is 1.22 bits per heavy atom. The van der Waals surface area contributed by atoms with Crippen LogP contribution in [0.1, 0.15) is 18.0 Å². The number of benzene rings is 2. The van der Waals surface area contributed by atoms with Gasteiger partial charge in [-0.05, 0) is 34.5 Å². The standard InChI is InChI=1S/C14H16N2O2/c1-18-12-5-4-9-6-11(3-2-10(9)7-12)13(15)8-14(16)17/h2-7,13H,8,15H2,1H3,(H2,16,17). The van der Waals surface area contributed by atoms with Crippen LogP contribution in [0, 0.1) is 0 Å². The van der Waals surface area contributed by atoms with Crippen LogP contribution in [0.4, 0.5) is 0 Å². The predicted molar refractivity (Wildman–Crippen MR) is 71.2 cm³/mol. The predicted octanol–water partition coefficient (Wildman–Crippen LogP) is 1.72. The van der Waals surface area contributed by atoms with Gasteiger partial charge in [0.25, 0.3) is 0 Å². The Balaban J connectivity index is 2.35. The third kappa shape index (κ3) is 2.60. The van der Waals surface area contributed by atoms with E-state index in [2.05, 4.69) is 0 Å². The first-order valence-electron chi connectivity index (χ1n) is 5.72. The minimum atomic E-state index is -0.391. The number of carbonyl (C=O) groups excluding carboxylic acids is 1. The summed E-state index contributed by atoms with van der Waals surface area (Å²) in [7, 11) is 1.64. The van der Waals surface area contributed by atoms with E-state index in [1.807, 2.05) is 36.4 Å². The van der Waals surface area contributed by atoms with Crippen LogP contribution in [0.15, 0.2) is 36.4 Å². The summed E-state index contributed by atoms with van der Waals surface area (Å²) in [6.07, 6.45) is 0.154. The van der Waals surface area contributed by atoms with E-state index in [9.17, 15) is 4.79 Å². The zero-order valence-electron chi connectivity index (χ0n) is 10.2. The highest BCUT2D eigenvalue weighted by molar-refractivity contribution is 5.85. The molecule has 1 unspecified atom stereocenters. The molecule has 94 valence electrons. The molecule has 4 heteroatoms. The Kier molecular flexibility index (Phi) is 3.48. The zero-order chi connectivity index (χ0) is 13.1. The molecule has 2 rings (SSSR count). The lowest BCUT2D eigenvalue weighted by Gasteiger charge is -2.11. The first kappa shape index (κ1) is 12.4. The van der Waals surface area contributed by atoms with Crippen molar-refractivity contribution in [3.63, 3.8) is 0 Å². The molecule has 0 aliphatic rings. The summed E-state index contributed by atoms with van der Waals surface area (Å²) in [5.41, 5.74) is 12.0. The fourth-order valence-corrected chi connectivity index (χ4v) is 1.93. The Labute approximate surface area is 106 Å². The van der Waals surface area contributed by atoms with E-state index in [0.29, 0.717) is 0 Å². The highest BCUT2D eigenvalue weighted by atomic mass is 16.5. The molecule has 2 aromatic rings. The van der Waals surface area contributed by atoms with Crippen LogP contribution in [0.3, 0.4) is 0 Å². The SMILES string of the molecule is COc1ccc2cc(C(N)CC(N)=O)ccc2c1. The van der Waals surface area contributed by atoms with Crippen LogP contribution in [-0.2, 0) is 4.79 Å².